The molecule has 0 heterocycles. The summed E-state index contributed by atoms with van der Waals surface area (Å²) < 4.78 is 24.2. The molecule has 0 fully saturated rings. The molecule has 8 heteroatoms. The fraction of sp³-hybridized carbons (Fsp3) is 1.00. The van der Waals surface area contributed by atoms with Gasteiger partial charge in [0, 0.05) is 32.0 Å². The SMILES string of the molecule is CCO[Si](C)(CCCC(N)(CCCCCCCN)CCC[Si](C)(OCC)OCC)OCC. The Morgan fingerprint density at radius 1 is 0.562 bits per heavy atom. The van der Waals surface area contributed by atoms with E-state index in [1.807, 2.05) is 0 Å². The quantitative estimate of drug-likeness (QED) is 0.138. The Hall–Kier alpha value is 0.194. The standard InChI is InChI=1S/C24H56N2O4Si2/c1-7-27-31(5,28-8-2)22-16-19-24(26,18-14-12-11-13-15-21-25)20-17-23-32(6,29-9-3)30-10-4/h7-23,25-26H2,1-6H3. The van der Waals surface area contributed by atoms with Gasteiger partial charge >= 0.3 is 17.1 Å². The first kappa shape index (κ1) is 32.2. The Balaban J connectivity index is 4.86. The Labute approximate surface area is 202 Å². The van der Waals surface area contributed by atoms with Crippen LogP contribution in [-0.2, 0) is 17.7 Å². The van der Waals surface area contributed by atoms with Crippen molar-refractivity contribution in [3.63, 3.8) is 0 Å². The Morgan fingerprint density at radius 2 is 0.906 bits per heavy atom. The molecule has 4 N–H and O–H groups in total. The van der Waals surface area contributed by atoms with Crippen LogP contribution in [0.25, 0.3) is 0 Å². The molecule has 0 spiro atoms. The number of unbranched alkanes of at least 4 members (excludes halogenated alkanes) is 4. The predicted molar refractivity (Wildman–Crippen MR) is 141 cm³/mol. The van der Waals surface area contributed by atoms with Gasteiger partial charge in [0.25, 0.3) is 0 Å². The van der Waals surface area contributed by atoms with Gasteiger partial charge in [-0.25, -0.2) is 0 Å². The van der Waals surface area contributed by atoms with Crippen molar-refractivity contribution in [2.24, 2.45) is 11.5 Å². The number of rotatable bonds is 23. The second-order valence-corrected chi connectivity index (χ2v) is 16.1. The van der Waals surface area contributed by atoms with E-state index in [0.29, 0.717) is 0 Å². The van der Waals surface area contributed by atoms with Crippen molar-refractivity contribution in [2.45, 2.75) is 123 Å². The van der Waals surface area contributed by atoms with E-state index in [9.17, 15) is 0 Å². The van der Waals surface area contributed by atoms with E-state index in [1.54, 1.807) is 0 Å². The maximum absolute atomic E-state index is 7.04. The minimum Gasteiger partial charge on any atom is -0.395 e. The summed E-state index contributed by atoms with van der Waals surface area (Å²) in [7, 11) is -4.17. The van der Waals surface area contributed by atoms with Gasteiger partial charge in [-0.3, -0.25) is 0 Å². The van der Waals surface area contributed by atoms with Crippen molar-refractivity contribution in [2.75, 3.05) is 33.0 Å². The summed E-state index contributed by atoms with van der Waals surface area (Å²) in [6, 6.07) is 2.02. The van der Waals surface area contributed by atoms with Gasteiger partial charge in [0.1, 0.15) is 0 Å². The molecule has 0 bridgehead atoms. The van der Waals surface area contributed by atoms with Gasteiger partial charge in [-0.1, -0.05) is 25.7 Å². The average Bonchev–Trinajstić information content (AvgIpc) is 2.71. The molecule has 0 aromatic heterocycles. The van der Waals surface area contributed by atoms with Crippen LogP contribution in [0.5, 0.6) is 0 Å². The molecular formula is C24H56N2O4Si2. The molecule has 0 aliphatic carbocycles. The molecule has 6 nitrogen and oxygen atoms in total. The predicted octanol–water partition coefficient (Wildman–Crippen LogP) is 5.83. The number of hydrogen-bond acceptors (Lipinski definition) is 6. The lowest BCUT2D eigenvalue weighted by Gasteiger charge is -2.33. The minimum absolute atomic E-state index is 0.130. The van der Waals surface area contributed by atoms with Crippen molar-refractivity contribution in [1.82, 2.24) is 0 Å². The van der Waals surface area contributed by atoms with Gasteiger partial charge in [-0.05, 0) is 97.9 Å². The van der Waals surface area contributed by atoms with Gasteiger partial charge in [0.2, 0.25) is 0 Å². The summed E-state index contributed by atoms with van der Waals surface area (Å²) in [5, 5.41) is 0. The lowest BCUT2D eigenvalue weighted by molar-refractivity contribution is 0.185. The minimum atomic E-state index is -2.09. The molecule has 0 aromatic rings. The Bertz CT molecular complexity index is 404. The summed E-state index contributed by atoms with van der Waals surface area (Å²) in [6.07, 6.45) is 11.3. The smallest absolute Gasteiger partial charge is 0.334 e. The maximum atomic E-state index is 7.04. The van der Waals surface area contributed by atoms with E-state index in [4.69, 9.17) is 29.2 Å². The molecular weight excluding hydrogens is 436 g/mol. The van der Waals surface area contributed by atoms with E-state index >= 15 is 0 Å². The molecule has 0 aliphatic rings. The lowest BCUT2D eigenvalue weighted by Crippen LogP contribution is -2.43. The van der Waals surface area contributed by atoms with Gasteiger partial charge in [-0.2, -0.15) is 0 Å². The van der Waals surface area contributed by atoms with E-state index in [2.05, 4.69) is 40.8 Å². The highest BCUT2D eigenvalue weighted by molar-refractivity contribution is 6.66. The van der Waals surface area contributed by atoms with E-state index in [0.717, 1.165) is 83.6 Å². The molecule has 32 heavy (non-hydrogen) atoms. The first-order valence-corrected chi connectivity index (χ1v) is 18.3. The van der Waals surface area contributed by atoms with E-state index in [-0.39, 0.29) is 5.54 Å². The second-order valence-electron chi connectivity index (χ2n) is 9.38. The molecule has 0 rings (SSSR count). The monoisotopic (exact) mass is 492 g/mol. The molecule has 194 valence electrons. The average molecular weight is 493 g/mol. The zero-order valence-electron chi connectivity index (χ0n) is 22.3. The zero-order valence-corrected chi connectivity index (χ0v) is 24.3. The largest absolute Gasteiger partial charge is 0.395 e. The van der Waals surface area contributed by atoms with Crippen molar-refractivity contribution < 1.29 is 17.7 Å². The van der Waals surface area contributed by atoms with Crippen molar-refractivity contribution >= 4 is 17.1 Å². The zero-order chi connectivity index (χ0) is 24.3. The maximum Gasteiger partial charge on any atom is 0.334 e. The molecule has 0 radical (unpaired) electrons. The fourth-order valence-corrected chi connectivity index (χ4v) is 9.47. The van der Waals surface area contributed by atoms with Crippen LogP contribution in [-0.4, -0.2) is 55.6 Å². The normalized spacial score (nSPS) is 13.1. The fourth-order valence-electron chi connectivity index (χ4n) is 4.64. The highest BCUT2D eigenvalue weighted by Gasteiger charge is 2.34. The Kier molecular flexibility index (Phi) is 18.6. The molecule has 0 saturated heterocycles. The summed E-state index contributed by atoms with van der Waals surface area (Å²) in [6.45, 7) is 16.3. The van der Waals surface area contributed by atoms with E-state index < -0.39 is 17.1 Å². The molecule has 0 atom stereocenters. The summed E-state index contributed by atoms with van der Waals surface area (Å²) >= 11 is 0. The van der Waals surface area contributed by atoms with Gasteiger partial charge in [0.05, 0.1) is 0 Å². The highest BCUT2D eigenvalue weighted by Crippen LogP contribution is 2.30. The molecule has 0 unspecified atom stereocenters. The highest BCUT2D eigenvalue weighted by atomic mass is 28.4. The second kappa shape index (κ2) is 18.5. The van der Waals surface area contributed by atoms with Crippen LogP contribution in [0.3, 0.4) is 0 Å². The van der Waals surface area contributed by atoms with Crippen LogP contribution < -0.4 is 11.5 Å². The number of hydrogen-bond donors (Lipinski definition) is 2. The summed E-state index contributed by atoms with van der Waals surface area (Å²) in [5.41, 5.74) is 12.5. The van der Waals surface area contributed by atoms with E-state index in [1.165, 1.54) is 25.7 Å². The summed E-state index contributed by atoms with van der Waals surface area (Å²) in [5.74, 6) is 0. The molecule has 0 amide bonds. The van der Waals surface area contributed by atoms with Gasteiger partial charge < -0.3 is 29.2 Å². The van der Waals surface area contributed by atoms with Crippen molar-refractivity contribution in [1.29, 1.82) is 0 Å². The first-order valence-electron chi connectivity index (χ1n) is 13.3. The molecule has 0 saturated carbocycles. The number of nitrogens with two attached hydrogens (primary N) is 2. The molecule has 0 aromatic carbocycles. The van der Waals surface area contributed by atoms with Crippen LogP contribution in [0.15, 0.2) is 0 Å². The van der Waals surface area contributed by atoms with Crippen molar-refractivity contribution in [3.8, 4) is 0 Å². The third-order valence-corrected chi connectivity index (χ3v) is 12.4. The summed E-state index contributed by atoms with van der Waals surface area (Å²) in [4.78, 5) is 0. The Morgan fingerprint density at radius 3 is 1.28 bits per heavy atom. The van der Waals surface area contributed by atoms with Crippen molar-refractivity contribution in [3.05, 3.63) is 0 Å². The van der Waals surface area contributed by atoms with Crippen LogP contribution in [0.1, 0.15) is 91.9 Å². The molecule has 0 aliphatic heterocycles. The third-order valence-electron chi connectivity index (χ3n) is 6.29. The van der Waals surface area contributed by atoms with Crippen LogP contribution in [0.2, 0.25) is 25.2 Å². The van der Waals surface area contributed by atoms with Crippen LogP contribution >= 0.6 is 0 Å². The van der Waals surface area contributed by atoms with Gasteiger partial charge in [0.15, 0.2) is 0 Å². The first-order chi connectivity index (χ1) is 15.2. The topological polar surface area (TPSA) is 89.0 Å². The lowest BCUT2D eigenvalue weighted by atomic mass is 9.84. The van der Waals surface area contributed by atoms with Gasteiger partial charge in [-0.15, -0.1) is 0 Å². The third kappa shape index (κ3) is 15.2. The van der Waals surface area contributed by atoms with Crippen LogP contribution in [0, 0.1) is 0 Å². The van der Waals surface area contributed by atoms with Crippen LogP contribution in [0.4, 0.5) is 0 Å².